The molecule has 33 heavy (non-hydrogen) atoms. The van der Waals surface area contributed by atoms with Crippen LogP contribution in [0.25, 0.3) is 22.3 Å². The van der Waals surface area contributed by atoms with E-state index in [2.05, 4.69) is 20.2 Å². The Morgan fingerprint density at radius 3 is 2.39 bits per heavy atom. The lowest BCUT2D eigenvalue weighted by molar-refractivity contribution is -0.135. The SMILES string of the molecule is CC(=O)N1CCN(C(=O)C(=O)c2c[nH]c3c(-c4cc(C(=O)N(C)C)[nH]n4)ncc(F)c23)CC1. The second kappa shape index (κ2) is 8.45. The molecule has 12 heteroatoms. The molecule has 0 bridgehead atoms. The number of ketones is 1. The summed E-state index contributed by atoms with van der Waals surface area (Å²) in [5, 5.41) is 6.63. The van der Waals surface area contributed by atoms with Gasteiger partial charge in [0.1, 0.15) is 17.1 Å². The van der Waals surface area contributed by atoms with Crippen molar-refractivity contribution in [1.29, 1.82) is 0 Å². The molecule has 172 valence electrons. The van der Waals surface area contributed by atoms with Crippen molar-refractivity contribution in [2.75, 3.05) is 40.3 Å². The molecule has 0 radical (unpaired) electrons. The molecule has 2 N–H and O–H groups in total. The van der Waals surface area contributed by atoms with E-state index in [-0.39, 0.29) is 58.5 Å². The summed E-state index contributed by atoms with van der Waals surface area (Å²) < 4.78 is 14.7. The molecule has 1 saturated heterocycles. The highest BCUT2D eigenvalue weighted by molar-refractivity contribution is 6.45. The summed E-state index contributed by atoms with van der Waals surface area (Å²) >= 11 is 0. The van der Waals surface area contributed by atoms with Gasteiger partial charge in [-0.25, -0.2) is 9.37 Å². The fourth-order valence-corrected chi connectivity index (χ4v) is 3.76. The van der Waals surface area contributed by atoms with E-state index >= 15 is 0 Å². The summed E-state index contributed by atoms with van der Waals surface area (Å²) in [5.74, 6) is -2.80. The molecule has 11 nitrogen and oxygen atoms in total. The number of aromatic nitrogens is 4. The first kappa shape index (κ1) is 22.1. The molecule has 0 aromatic carbocycles. The lowest BCUT2D eigenvalue weighted by Gasteiger charge is -2.33. The number of piperazine rings is 1. The summed E-state index contributed by atoms with van der Waals surface area (Å²) in [7, 11) is 3.19. The number of hydrogen-bond donors (Lipinski definition) is 2. The summed E-state index contributed by atoms with van der Waals surface area (Å²) in [5.41, 5.74) is 0.782. The van der Waals surface area contributed by atoms with E-state index in [9.17, 15) is 23.6 Å². The molecule has 0 unspecified atom stereocenters. The number of hydrogen-bond acceptors (Lipinski definition) is 6. The first-order chi connectivity index (χ1) is 15.7. The molecule has 0 aliphatic carbocycles. The van der Waals surface area contributed by atoms with Crippen LogP contribution in [0.1, 0.15) is 27.8 Å². The number of Topliss-reactive ketones (excluding diaryl/α,β-unsaturated/α-hetero) is 1. The van der Waals surface area contributed by atoms with Gasteiger partial charge in [-0.1, -0.05) is 0 Å². The lowest BCUT2D eigenvalue weighted by atomic mass is 10.1. The highest BCUT2D eigenvalue weighted by Crippen LogP contribution is 2.30. The number of fused-ring (bicyclic) bond motifs is 1. The minimum Gasteiger partial charge on any atom is -0.359 e. The second-order valence-corrected chi connectivity index (χ2v) is 7.90. The van der Waals surface area contributed by atoms with Crippen LogP contribution in [-0.4, -0.2) is 98.6 Å². The van der Waals surface area contributed by atoms with E-state index in [0.717, 1.165) is 6.20 Å². The minimum absolute atomic E-state index is 0.0794. The fourth-order valence-electron chi connectivity index (χ4n) is 3.76. The monoisotopic (exact) mass is 455 g/mol. The molecule has 0 saturated carbocycles. The van der Waals surface area contributed by atoms with Gasteiger partial charge in [-0.05, 0) is 6.07 Å². The van der Waals surface area contributed by atoms with Gasteiger partial charge in [0.25, 0.3) is 17.6 Å². The van der Waals surface area contributed by atoms with Crippen LogP contribution >= 0.6 is 0 Å². The zero-order valence-electron chi connectivity index (χ0n) is 18.3. The number of aromatic amines is 2. The number of halogens is 1. The standard InChI is InChI=1S/C21H22FN7O4/c1-11(30)28-4-6-29(7-5-28)21(33)19(31)12-9-23-18-16(12)13(22)10-24-17(18)14-8-15(26-25-14)20(32)27(2)3/h8-10,23H,4-7H2,1-3H3,(H,25,26). The third-order valence-electron chi connectivity index (χ3n) is 5.57. The van der Waals surface area contributed by atoms with Crippen LogP contribution in [0, 0.1) is 5.82 Å². The molecule has 3 aromatic rings. The molecule has 1 aliphatic heterocycles. The van der Waals surface area contributed by atoms with E-state index in [1.165, 1.54) is 29.0 Å². The lowest BCUT2D eigenvalue weighted by Crippen LogP contribution is -2.51. The fraction of sp³-hybridized carbons (Fsp3) is 0.333. The average molecular weight is 455 g/mol. The van der Waals surface area contributed by atoms with E-state index in [1.807, 2.05) is 0 Å². The summed E-state index contributed by atoms with van der Waals surface area (Å²) in [6.45, 7) is 2.55. The molecule has 0 spiro atoms. The Hall–Kier alpha value is -4.09. The van der Waals surface area contributed by atoms with E-state index < -0.39 is 17.5 Å². The van der Waals surface area contributed by atoms with Gasteiger partial charge in [0.05, 0.1) is 22.7 Å². The molecular weight excluding hydrogens is 433 g/mol. The van der Waals surface area contributed by atoms with Gasteiger partial charge in [-0.3, -0.25) is 24.3 Å². The first-order valence-corrected chi connectivity index (χ1v) is 10.2. The number of carbonyl (C=O) groups is 4. The summed E-state index contributed by atoms with van der Waals surface area (Å²) in [4.78, 5) is 60.6. The van der Waals surface area contributed by atoms with Crippen molar-refractivity contribution < 1.29 is 23.6 Å². The number of amides is 3. The molecule has 0 atom stereocenters. The Bertz CT molecular complexity index is 1270. The van der Waals surface area contributed by atoms with Crippen LogP contribution < -0.4 is 0 Å². The van der Waals surface area contributed by atoms with Gasteiger partial charge in [0.2, 0.25) is 5.91 Å². The second-order valence-electron chi connectivity index (χ2n) is 7.90. The van der Waals surface area contributed by atoms with Crippen molar-refractivity contribution >= 4 is 34.4 Å². The Labute approximate surface area is 187 Å². The predicted octanol–water partition coefficient (Wildman–Crippen LogP) is 0.667. The number of rotatable bonds is 4. The number of nitrogens with one attached hydrogen (secondary N) is 2. The van der Waals surface area contributed by atoms with Crippen LogP contribution in [0.5, 0.6) is 0 Å². The molecule has 3 amide bonds. The maximum absolute atomic E-state index is 14.7. The Balaban J connectivity index is 1.64. The molecular formula is C21H22FN7O4. The smallest absolute Gasteiger partial charge is 0.295 e. The van der Waals surface area contributed by atoms with Gasteiger partial charge in [-0.15, -0.1) is 0 Å². The third-order valence-corrected chi connectivity index (χ3v) is 5.57. The van der Waals surface area contributed by atoms with Crippen LogP contribution in [0.3, 0.4) is 0 Å². The zero-order valence-corrected chi connectivity index (χ0v) is 18.3. The maximum atomic E-state index is 14.7. The Morgan fingerprint density at radius 1 is 1.09 bits per heavy atom. The highest BCUT2D eigenvalue weighted by Gasteiger charge is 2.30. The third kappa shape index (κ3) is 3.95. The van der Waals surface area contributed by atoms with Crippen molar-refractivity contribution in [3.63, 3.8) is 0 Å². The average Bonchev–Trinajstić information content (AvgIpc) is 3.46. The largest absolute Gasteiger partial charge is 0.359 e. The van der Waals surface area contributed by atoms with E-state index in [1.54, 1.807) is 19.0 Å². The first-order valence-electron chi connectivity index (χ1n) is 10.2. The highest BCUT2D eigenvalue weighted by atomic mass is 19.1. The van der Waals surface area contributed by atoms with Gasteiger partial charge in [0, 0.05) is 53.4 Å². The molecule has 3 aromatic heterocycles. The molecule has 1 aliphatic rings. The molecule has 4 heterocycles. The number of nitrogens with zero attached hydrogens (tertiary/aromatic N) is 5. The van der Waals surface area contributed by atoms with Crippen LogP contribution in [-0.2, 0) is 9.59 Å². The van der Waals surface area contributed by atoms with Crippen LogP contribution in [0.2, 0.25) is 0 Å². The van der Waals surface area contributed by atoms with Gasteiger partial charge < -0.3 is 19.7 Å². The van der Waals surface area contributed by atoms with Crippen molar-refractivity contribution in [3.05, 3.63) is 35.5 Å². The van der Waals surface area contributed by atoms with Crippen LogP contribution in [0.15, 0.2) is 18.5 Å². The summed E-state index contributed by atoms with van der Waals surface area (Å²) in [6, 6.07) is 1.48. The Kier molecular flexibility index (Phi) is 5.66. The topological polar surface area (TPSA) is 135 Å². The predicted molar refractivity (Wildman–Crippen MR) is 115 cm³/mol. The van der Waals surface area contributed by atoms with Crippen LogP contribution in [0.4, 0.5) is 4.39 Å². The number of pyridine rings is 1. The number of H-pyrrole nitrogens is 2. The van der Waals surface area contributed by atoms with Crippen molar-refractivity contribution in [2.45, 2.75) is 6.92 Å². The van der Waals surface area contributed by atoms with Crippen molar-refractivity contribution in [1.82, 2.24) is 34.9 Å². The van der Waals surface area contributed by atoms with E-state index in [4.69, 9.17) is 0 Å². The Morgan fingerprint density at radius 2 is 1.76 bits per heavy atom. The van der Waals surface area contributed by atoms with Gasteiger partial charge in [0.15, 0.2) is 5.82 Å². The van der Waals surface area contributed by atoms with Gasteiger partial charge in [-0.2, -0.15) is 5.10 Å². The molecule has 4 rings (SSSR count). The number of carbonyl (C=O) groups excluding carboxylic acids is 4. The minimum atomic E-state index is -0.862. The molecule has 1 fully saturated rings. The normalized spacial score (nSPS) is 13.9. The summed E-state index contributed by atoms with van der Waals surface area (Å²) in [6.07, 6.45) is 2.21. The quantitative estimate of drug-likeness (QED) is 0.438. The van der Waals surface area contributed by atoms with Crippen molar-refractivity contribution in [2.24, 2.45) is 0 Å². The zero-order chi connectivity index (χ0) is 23.9. The maximum Gasteiger partial charge on any atom is 0.295 e. The van der Waals surface area contributed by atoms with Gasteiger partial charge >= 0.3 is 0 Å². The van der Waals surface area contributed by atoms with Crippen molar-refractivity contribution in [3.8, 4) is 11.4 Å². The van der Waals surface area contributed by atoms with E-state index in [0.29, 0.717) is 13.1 Å².